The number of benzene rings is 2. The Hall–Kier alpha value is -1.06. The van der Waals surface area contributed by atoms with Gasteiger partial charge < -0.3 is 5.11 Å². The first-order chi connectivity index (χ1) is 9.00. The van der Waals surface area contributed by atoms with E-state index in [4.69, 9.17) is 34.8 Å². The van der Waals surface area contributed by atoms with Crippen molar-refractivity contribution >= 4 is 40.6 Å². The fourth-order valence-corrected chi connectivity index (χ4v) is 2.26. The first-order valence-electron chi connectivity index (χ1n) is 5.42. The van der Waals surface area contributed by atoms with Gasteiger partial charge in [0.15, 0.2) is 5.78 Å². The third kappa shape index (κ3) is 3.10. The van der Waals surface area contributed by atoms with Gasteiger partial charge in [-0.05, 0) is 17.7 Å². The average Bonchev–Trinajstić information content (AvgIpc) is 2.43. The lowest BCUT2D eigenvalue weighted by Crippen LogP contribution is -2.12. The van der Waals surface area contributed by atoms with Gasteiger partial charge in [0.05, 0.1) is 15.1 Å². The minimum absolute atomic E-state index is 0.198. The fourth-order valence-electron chi connectivity index (χ4n) is 1.64. The number of ketones is 1. The Kier molecular flexibility index (Phi) is 4.48. The summed E-state index contributed by atoms with van der Waals surface area (Å²) in [5.41, 5.74) is 0.727. The molecular weight excluding hydrogens is 307 g/mol. The van der Waals surface area contributed by atoms with Crippen molar-refractivity contribution in [2.75, 3.05) is 0 Å². The molecule has 19 heavy (non-hydrogen) atoms. The van der Waals surface area contributed by atoms with Crippen LogP contribution in [0.2, 0.25) is 15.1 Å². The van der Waals surface area contributed by atoms with E-state index in [9.17, 15) is 9.90 Å². The van der Waals surface area contributed by atoms with Crippen molar-refractivity contribution in [1.82, 2.24) is 0 Å². The highest BCUT2D eigenvalue weighted by Crippen LogP contribution is 2.33. The number of aliphatic hydroxyl groups excluding tert-OH is 1. The van der Waals surface area contributed by atoms with E-state index >= 15 is 0 Å². The van der Waals surface area contributed by atoms with Crippen LogP contribution in [0.5, 0.6) is 0 Å². The highest BCUT2D eigenvalue weighted by molar-refractivity contribution is 6.48. The maximum Gasteiger partial charge on any atom is 0.195 e. The molecule has 0 saturated heterocycles. The van der Waals surface area contributed by atoms with Gasteiger partial charge in [0, 0.05) is 5.56 Å². The first-order valence-corrected chi connectivity index (χ1v) is 6.56. The molecule has 0 saturated carbocycles. The molecule has 0 spiro atoms. The zero-order valence-corrected chi connectivity index (χ0v) is 11.9. The van der Waals surface area contributed by atoms with Crippen LogP contribution in [0.3, 0.4) is 0 Å². The molecule has 2 rings (SSSR count). The molecule has 0 aliphatic carbocycles. The molecule has 0 aromatic heterocycles. The summed E-state index contributed by atoms with van der Waals surface area (Å²) >= 11 is 17.6. The van der Waals surface area contributed by atoms with E-state index in [0.717, 1.165) is 0 Å². The Morgan fingerprint density at radius 2 is 1.53 bits per heavy atom. The Morgan fingerprint density at radius 3 is 2.05 bits per heavy atom. The summed E-state index contributed by atoms with van der Waals surface area (Å²) in [4.78, 5) is 12.1. The molecule has 2 nitrogen and oxygen atoms in total. The van der Waals surface area contributed by atoms with E-state index in [1.165, 1.54) is 12.1 Å². The number of rotatable bonds is 3. The maximum absolute atomic E-state index is 12.1. The molecular formula is C14H9Cl3O2. The third-order valence-electron chi connectivity index (χ3n) is 2.63. The summed E-state index contributed by atoms with van der Waals surface area (Å²) in [6.45, 7) is 0. The smallest absolute Gasteiger partial charge is 0.195 e. The summed E-state index contributed by atoms with van der Waals surface area (Å²) in [6, 6.07) is 11.4. The standard InChI is InChI=1S/C14H9Cl3O2/c15-10-6-9(7-11(16)12(10)17)14(19)13(18)8-4-2-1-3-5-8/h1-7,14,19H. The molecule has 5 heteroatoms. The van der Waals surface area contributed by atoms with Gasteiger partial charge in [-0.15, -0.1) is 0 Å². The lowest BCUT2D eigenvalue weighted by Gasteiger charge is -2.12. The summed E-state index contributed by atoms with van der Waals surface area (Å²) in [5.74, 6) is -0.421. The van der Waals surface area contributed by atoms with E-state index in [2.05, 4.69) is 0 Å². The van der Waals surface area contributed by atoms with E-state index < -0.39 is 11.9 Å². The highest BCUT2D eigenvalue weighted by Gasteiger charge is 2.21. The number of aliphatic hydroxyl groups is 1. The van der Waals surface area contributed by atoms with Crippen LogP contribution >= 0.6 is 34.8 Å². The van der Waals surface area contributed by atoms with Crippen molar-refractivity contribution in [2.45, 2.75) is 6.10 Å². The third-order valence-corrected chi connectivity index (χ3v) is 3.83. The Bertz CT molecular complexity index is 588. The van der Waals surface area contributed by atoms with Crippen molar-refractivity contribution in [1.29, 1.82) is 0 Å². The molecule has 0 fully saturated rings. The topological polar surface area (TPSA) is 37.3 Å². The monoisotopic (exact) mass is 314 g/mol. The Labute approximate surface area is 125 Å². The second-order valence-corrected chi connectivity index (χ2v) is 5.12. The molecule has 0 bridgehead atoms. The second kappa shape index (κ2) is 5.93. The predicted octanol–water partition coefficient (Wildman–Crippen LogP) is 4.56. The quantitative estimate of drug-likeness (QED) is 0.666. The van der Waals surface area contributed by atoms with Gasteiger partial charge >= 0.3 is 0 Å². The van der Waals surface area contributed by atoms with E-state index in [-0.39, 0.29) is 15.1 Å². The normalized spacial score (nSPS) is 12.2. The molecule has 1 unspecified atom stereocenters. The van der Waals surface area contributed by atoms with Crippen LogP contribution in [0.15, 0.2) is 42.5 Å². The van der Waals surface area contributed by atoms with Crippen molar-refractivity contribution in [3.8, 4) is 0 Å². The van der Waals surface area contributed by atoms with Gasteiger partial charge in [0.25, 0.3) is 0 Å². The van der Waals surface area contributed by atoms with Gasteiger partial charge in [-0.1, -0.05) is 65.1 Å². The van der Waals surface area contributed by atoms with E-state index in [1.54, 1.807) is 30.3 Å². The number of halogens is 3. The van der Waals surface area contributed by atoms with Crippen LogP contribution in [0, 0.1) is 0 Å². The van der Waals surface area contributed by atoms with Gasteiger partial charge in [0.1, 0.15) is 6.10 Å². The molecule has 0 radical (unpaired) electrons. The molecule has 0 amide bonds. The molecule has 2 aromatic carbocycles. The van der Waals surface area contributed by atoms with Crippen LogP contribution in [-0.4, -0.2) is 10.9 Å². The van der Waals surface area contributed by atoms with Gasteiger partial charge in [-0.3, -0.25) is 4.79 Å². The molecule has 1 atom stereocenters. The van der Waals surface area contributed by atoms with Gasteiger partial charge in [-0.2, -0.15) is 0 Å². The Morgan fingerprint density at radius 1 is 1.00 bits per heavy atom. The van der Waals surface area contributed by atoms with Gasteiger partial charge in [0.2, 0.25) is 0 Å². The first kappa shape index (κ1) is 14.4. The zero-order chi connectivity index (χ0) is 14.0. The predicted molar refractivity (Wildman–Crippen MR) is 77.2 cm³/mol. The lowest BCUT2D eigenvalue weighted by atomic mass is 10.00. The minimum Gasteiger partial charge on any atom is -0.380 e. The van der Waals surface area contributed by atoms with Crippen molar-refractivity contribution in [3.63, 3.8) is 0 Å². The van der Waals surface area contributed by atoms with E-state index in [0.29, 0.717) is 11.1 Å². The Balaban J connectivity index is 2.35. The largest absolute Gasteiger partial charge is 0.380 e. The van der Waals surface area contributed by atoms with Crippen LogP contribution < -0.4 is 0 Å². The van der Waals surface area contributed by atoms with E-state index in [1.807, 2.05) is 0 Å². The molecule has 98 valence electrons. The van der Waals surface area contributed by atoms with Crippen molar-refractivity contribution in [3.05, 3.63) is 68.7 Å². The molecule has 0 heterocycles. The van der Waals surface area contributed by atoms with Crippen LogP contribution in [0.25, 0.3) is 0 Å². The lowest BCUT2D eigenvalue weighted by molar-refractivity contribution is 0.0747. The summed E-state index contributed by atoms with van der Waals surface area (Å²) < 4.78 is 0. The van der Waals surface area contributed by atoms with Crippen LogP contribution in [0.4, 0.5) is 0 Å². The number of carbonyl (C=O) groups excluding carboxylic acids is 1. The second-order valence-electron chi connectivity index (χ2n) is 3.93. The van der Waals surface area contributed by atoms with Crippen molar-refractivity contribution < 1.29 is 9.90 Å². The number of hydrogen-bond acceptors (Lipinski definition) is 2. The fraction of sp³-hybridized carbons (Fsp3) is 0.0714. The summed E-state index contributed by atoms with van der Waals surface area (Å²) in [6.07, 6.45) is -1.32. The summed E-state index contributed by atoms with van der Waals surface area (Å²) in [7, 11) is 0. The van der Waals surface area contributed by atoms with Gasteiger partial charge in [-0.25, -0.2) is 0 Å². The summed E-state index contributed by atoms with van der Waals surface area (Å²) in [5, 5.41) is 10.7. The highest BCUT2D eigenvalue weighted by atomic mass is 35.5. The number of hydrogen-bond donors (Lipinski definition) is 1. The molecule has 0 aliphatic rings. The minimum atomic E-state index is -1.32. The number of Topliss-reactive ketones (excluding diaryl/α,β-unsaturated/α-hetero) is 1. The molecule has 1 N–H and O–H groups in total. The van der Waals surface area contributed by atoms with Crippen molar-refractivity contribution in [2.24, 2.45) is 0 Å². The SMILES string of the molecule is O=C(c1ccccc1)C(O)c1cc(Cl)c(Cl)c(Cl)c1. The average molecular weight is 316 g/mol. The number of carbonyl (C=O) groups is 1. The maximum atomic E-state index is 12.1. The van der Waals surface area contributed by atoms with Crippen LogP contribution in [0.1, 0.15) is 22.0 Å². The van der Waals surface area contributed by atoms with Crippen LogP contribution in [-0.2, 0) is 0 Å². The molecule has 0 aliphatic heterocycles. The molecule has 2 aromatic rings. The zero-order valence-electron chi connectivity index (χ0n) is 9.61.